The number of likely N-dealkylation sites (N-methyl/N-ethyl adjacent to an activating group) is 2. The number of pyridine rings is 1. The van der Waals surface area contributed by atoms with Gasteiger partial charge in [0.05, 0.1) is 6.04 Å². The van der Waals surface area contributed by atoms with Crippen molar-refractivity contribution in [1.82, 2.24) is 15.2 Å². The summed E-state index contributed by atoms with van der Waals surface area (Å²) in [5.74, 6) is 0. The van der Waals surface area contributed by atoms with Gasteiger partial charge in [0.2, 0.25) is 0 Å². The molecule has 1 unspecified atom stereocenters. The number of fused-ring (bicyclic) bond motifs is 1. The molecular weight excluding hydrogens is 258 g/mol. The monoisotopic (exact) mass is 283 g/mol. The molecule has 1 heterocycles. The second-order valence-electron chi connectivity index (χ2n) is 6.38. The molecule has 3 nitrogen and oxygen atoms in total. The molecule has 0 saturated heterocycles. The maximum Gasteiger partial charge on any atom is 0.0526 e. The van der Waals surface area contributed by atoms with E-state index < -0.39 is 0 Å². The standard InChI is InChI=1S/C18H25N3/c1-19-17(18(21(2)3)10-6-7-11-18)16-13-20-12-14-8-4-5-9-15(14)16/h4-5,8-9,12-13,17,19H,6-7,10-11H2,1-3H3. The van der Waals surface area contributed by atoms with Gasteiger partial charge in [-0.15, -0.1) is 0 Å². The average molecular weight is 283 g/mol. The van der Waals surface area contributed by atoms with Gasteiger partial charge in [-0.3, -0.25) is 4.98 Å². The Morgan fingerprint density at radius 2 is 1.86 bits per heavy atom. The van der Waals surface area contributed by atoms with Gasteiger partial charge in [-0.1, -0.05) is 37.1 Å². The first kappa shape index (κ1) is 14.5. The molecule has 0 aliphatic heterocycles. The minimum absolute atomic E-state index is 0.195. The zero-order chi connectivity index (χ0) is 14.9. The minimum Gasteiger partial charge on any atom is -0.311 e. The first-order chi connectivity index (χ1) is 10.2. The predicted molar refractivity (Wildman–Crippen MR) is 88.4 cm³/mol. The van der Waals surface area contributed by atoms with Crippen molar-refractivity contribution in [2.75, 3.05) is 21.1 Å². The van der Waals surface area contributed by atoms with E-state index in [0.717, 1.165) is 0 Å². The van der Waals surface area contributed by atoms with Gasteiger partial charge < -0.3 is 10.2 Å². The molecule has 1 aliphatic carbocycles. The summed E-state index contributed by atoms with van der Waals surface area (Å²) in [6.45, 7) is 0. The molecule has 1 fully saturated rings. The van der Waals surface area contributed by atoms with Crippen LogP contribution in [0.2, 0.25) is 0 Å². The molecule has 0 amide bonds. The Morgan fingerprint density at radius 1 is 1.14 bits per heavy atom. The SMILES string of the molecule is CNC(c1cncc2ccccc12)C1(N(C)C)CCCC1. The number of benzene rings is 1. The molecule has 2 aromatic rings. The fourth-order valence-electron chi connectivity index (χ4n) is 4.06. The molecule has 21 heavy (non-hydrogen) atoms. The van der Waals surface area contributed by atoms with Crippen LogP contribution in [0, 0.1) is 0 Å². The summed E-state index contributed by atoms with van der Waals surface area (Å²) in [5.41, 5.74) is 1.52. The predicted octanol–water partition coefficient (Wildman–Crippen LogP) is 3.37. The highest BCUT2D eigenvalue weighted by atomic mass is 15.2. The Hall–Kier alpha value is -1.45. The van der Waals surface area contributed by atoms with Gasteiger partial charge in [-0.05, 0) is 44.9 Å². The maximum absolute atomic E-state index is 4.49. The van der Waals surface area contributed by atoms with E-state index in [4.69, 9.17) is 0 Å². The van der Waals surface area contributed by atoms with E-state index in [-0.39, 0.29) is 5.54 Å². The van der Waals surface area contributed by atoms with Crippen molar-refractivity contribution < 1.29 is 0 Å². The zero-order valence-corrected chi connectivity index (χ0v) is 13.3. The topological polar surface area (TPSA) is 28.2 Å². The summed E-state index contributed by atoms with van der Waals surface area (Å²) in [4.78, 5) is 6.90. The normalized spacial score (nSPS) is 19.2. The Balaban J connectivity index is 2.14. The van der Waals surface area contributed by atoms with E-state index in [0.29, 0.717) is 6.04 Å². The van der Waals surface area contributed by atoms with E-state index in [2.05, 4.69) is 60.6 Å². The van der Waals surface area contributed by atoms with Crippen molar-refractivity contribution in [1.29, 1.82) is 0 Å². The van der Waals surface area contributed by atoms with E-state index in [1.54, 1.807) is 0 Å². The summed E-state index contributed by atoms with van der Waals surface area (Å²) >= 11 is 0. The second-order valence-corrected chi connectivity index (χ2v) is 6.38. The third-order valence-electron chi connectivity index (χ3n) is 5.20. The van der Waals surface area contributed by atoms with Crippen molar-refractivity contribution >= 4 is 10.8 Å². The number of rotatable bonds is 4. The van der Waals surface area contributed by atoms with Crippen molar-refractivity contribution in [3.8, 4) is 0 Å². The lowest BCUT2D eigenvalue weighted by Crippen LogP contribution is -2.51. The summed E-state index contributed by atoms with van der Waals surface area (Å²) < 4.78 is 0. The minimum atomic E-state index is 0.195. The van der Waals surface area contributed by atoms with Crippen molar-refractivity contribution in [2.24, 2.45) is 0 Å². The summed E-state index contributed by atoms with van der Waals surface area (Å²) in [6.07, 6.45) is 9.13. The molecule has 0 bridgehead atoms. The number of hydrogen-bond donors (Lipinski definition) is 1. The van der Waals surface area contributed by atoms with Gasteiger partial charge in [0.15, 0.2) is 0 Å². The van der Waals surface area contributed by atoms with E-state index in [9.17, 15) is 0 Å². The van der Waals surface area contributed by atoms with Crippen molar-refractivity contribution in [2.45, 2.75) is 37.3 Å². The first-order valence-corrected chi connectivity index (χ1v) is 7.86. The zero-order valence-electron chi connectivity index (χ0n) is 13.3. The van der Waals surface area contributed by atoms with Crippen molar-refractivity contribution in [3.63, 3.8) is 0 Å². The molecule has 0 radical (unpaired) electrons. The van der Waals surface area contributed by atoms with Crippen LogP contribution in [0.25, 0.3) is 10.8 Å². The number of nitrogens with one attached hydrogen (secondary N) is 1. The van der Waals surface area contributed by atoms with E-state index in [1.165, 1.54) is 42.0 Å². The summed E-state index contributed by atoms with van der Waals surface area (Å²) in [5, 5.41) is 6.14. The highest BCUT2D eigenvalue weighted by Crippen LogP contribution is 2.44. The summed E-state index contributed by atoms with van der Waals surface area (Å²) in [7, 11) is 6.51. The molecule has 1 aromatic heterocycles. The summed E-state index contributed by atoms with van der Waals surface area (Å²) in [6, 6.07) is 8.88. The van der Waals surface area contributed by atoms with Crippen LogP contribution in [0.5, 0.6) is 0 Å². The van der Waals surface area contributed by atoms with Gasteiger partial charge in [0.25, 0.3) is 0 Å². The van der Waals surface area contributed by atoms with Gasteiger partial charge in [0.1, 0.15) is 0 Å². The van der Waals surface area contributed by atoms with Gasteiger partial charge in [-0.2, -0.15) is 0 Å². The van der Waals surface area contributed by atoms with Crippen LogP contribution in [-0.2, 0) is 0 Å². The van der Waals surface area contributed by atoms with Gasteiger partial charge in [-0.25, -0.2) is 0 Å². The molecule has 112 valence electrons. The highest BCUT2D eigenvalue weighted by molar-refractivity contribution is 5.85. The highest BCUT2D eigenvalue weighted by Gasteiger charge is 2.43. The van der Waals surface area contributed by atoms with Gasteiger partial charge >= 0.3 is 0 Å². The molecule has 1 atom stereocenters. The molecule has 1 aromatic carbocycles. The molecule has 1 aliphatic rings. The Bertz CT molecular complexity index is 609. The quantitative estimate of drug-likeness (QED) is 0.932. The average Bonchev–Trinajstić information content (AvgIpc) is 2.99. The fraction of sp³-hybridized carbons (Fsp3) is 0.500. The van der Waals surface area contributed by atoms with Crippen LogP contribution < -0.4 is 5.32 Å². The van der Waals surface area contributed by atoms with Gasteiger partial charge in [0, 0.05) is 23.3 Å². The number of aromatic nitrogens is 1. The van der Waals surface area contributed by atoms with E-state index >= 15 is 0 Å². The molecular formula is C18H25N3. The van der Waals surface area contributed by atoms with Crippen LogP contribution >= 0.6 is 0 Å². The van der Waals surface area contributed by atoms with Crippen LogP contribution in [0.3, 0.4) is 0 Å². The number of hydrogen-bond acceptors (Lipinski definition) is 3. The molecule has 1 N–H and O–H groups in total. The van der Waals surface area contributed by atoms with E-state index in [1.807, 2.05) is 12.4 Å². The first-order valence-electron chi connectivity index (χ1n) is 7.86. The Kier molecular flexibility index (Phi) is 3.96. The largest absolute Gasteiger partial charge is 0.311 e. The lowest BCUT2D eigenvalue weighted by atomic mass is 9.81. The molecule has 0 spiro atoms. The third kappa shape index (κ3) is 2.34. The second kappa shape index (κ2) is 5.74. The van der Waals surface area contributed by atoms with Crippen LogP contribution in [0.1, 0.15) is 37.3 Å². The number of nitrogens with zero attached hydrogens (tertiary/aromatic N) is 2. The third-order valence-corrected chi connectivity index (χ3v) is 5.20. The lowest BCUT2D eigenvalue weighted by Gasteiger charge is -2.43. The Morgan fingerprint density at radius 3 is 2.52 bits per heavy atom. The van der Waals surface area contributed by atoms with Crippen molar-refractivity contribution in [3.05, 3.63) is 42.2 Å². The lowest BCUT2D eigenvalue weighted by molar-refractivity contribution is 0.109. The fourth-order valence-corrected chi connectivity index (χ4v) is 4.06. The molecule has 1 saturated carbocycles. The van der Waals surface area contributed by atoms with Crippen LogP contribution in [-0.4, -0.2) is 36.6 Å². The smallest absolute Gasteiger partial charge is 0.0526 e. The molecule has 3 rings (SSSR count). The Labute approximate surface area is 127 Å². The van der Waals surface area contributed by atoms with Crippen LogP contribution in [0.4, 0.5) is 0 Å². The molecule has 3 heteroatoms. The van der Waals surface area contributed by atoms with Crippen LogP contribution in [0.15, 0.2) is 36.7 Å². The maximum atomic E-state index is 4.49.